The van der Waals surface area contributed by atoms with Crippen LogP contribution in [0, 0.1) is 6.92 Å². The Labute approximate surface area is 154 Å². The number of hydrogen-bond donors (Lipinski definition) is 1. The first-order valence-corrected chi connectivity index (χ1v) is 10.3. The molecule has 2 atom stereocenters. The van der Waals surface area contributed by atoms with Gasteiger partial charge >= 0.3 is 5.97 Å². The molecule has 0 saturated carbocycles. The van der Waals surface area contributed by atoms with Gasteiger partial charge in [0.1, 0.15) is 0 Å². The Kier molecular flexibility index (Phi) is 6.41. The molecular formula is C18H26N2O5S. The normalized spacial score (nSPS) is 19.1. The topological polar surface area (TPSA) is 107 Å². The average molecular weight is 382 g/mol. The molecular weight excluding hydrogens is 356 g/mol. The number of nitrogens with zero attached hydrogens (tertiary/aromatic N) is 1. The SMILES string of the molecule is CCC1CCCCN1C(=O)C(C)OC(=O)c1cc(S(N)(=O)=O)ccc1C. The summed E-state index contributed by atoms with van der Waals surface area (Å²) >= 11 is 0. The number of amides is 1. The zero-order chi connectivity index (χ0) is 19.5. The van der Waals surface area contributed by atoms with E-state index in [-0.39, 0.29) is 22.4 Å². The molecule has 1 fully saturated rings. The minimum absolute atomic E-state index is 0.0851. The van der Waals surface area contributed by atoms with E-state index in [0.717, 1.165) is 25.7 Å². The Balaban J connectivity index is 2.15. The van der Waals surface area contributed by atoms with E-state index in [0.29, 0.717) is 12.1 Å². The molecule has 0 aliphatic carbocycles. The largest absolute Gasteiger partial charge is 0.449 e. The van der Waals surface area contributed by atoms with E-state index in [2.05, 4.69) is 0 Å². The third kappa shape index (κ3) is 4.62. The van der Waals surface area contributed by atoms with Crippen molar-refractivity contribution >= 4 is 21.9 Å². The lowest BCUT2D eigenvalue weighted by atomic mass is 9.99. The number of benzene rings is 1. The van der Waals surface area contributed by atoms with Crippen LogP contribution in [0.5, 0.6) is 0 Å². The molecule has 1 aliphatic heterocycles. The summed E-state index contributed by atoms with van der Waals surface area (Å²) in [6, 6.07) is 4.17. The summed E-state index contributed by atoms with van der Waals surface area (Å²) in [6.45, 7) is 5.91. The molecule has 1 aliphatic rings. The fraction of sp³-hybridized carbons (Fsp3) is 0.556. The Morgan fingerprint density at radius 3 is 2.65 bits per heavy atom. The molecule has 1 saturated heterocycles. The molecule has 8 heteroatoms. The van der Waals surface area contributed by atoms with Crippen LogP contribution in [-0.2, 0) is 19.6 Å². The number of carbonyl (C=O) groups is 2. The van der Waals surface area contributed by atoms with Crippen LogP contribution in [0.15, 0.2) is 23.1 Å². The second-order valence-corrected chi connectivity index (χ2v) is 8.22. The van der Waals surface area contributed by atoms with Crippen molar-refractivity contribution in [3.05, 3.63) is 29.3 Å². The lowest BCUT2D eigenvalue weighted by Gasteiger charge is -2.36. The van der Waals surface area contributed by atoms with Crippen molar-refractivity contribution in [2.45, 2.75) is 63.5 Å². The number of esters is 1. The van der Waals surface area contributed by atoms with Crippen molar-refractivity contribution in [2.24, 2.45) is 5.14 Å². The first-order chi connectivity index (χ1) is 12.1. The third-order valence-electron chi connectivity index (χ3n) is 4.77. The van der Waals surface area contributed by atoms with Gasteiger partial charge in [0.25, 0.3) is 5.91 Å². The molecule has 2 unspecified atom stereocenters. The zero-order valence-electron chi connectivity index (χ0n) is 15.4. The van der Waals surface area contributed by atoms with Crippen molar-refractivity contribution in [3.63, 3.8) is 0 Å². The maximum Gasteiger partial charge on any atom is 0.339 e. The summed E-state index contributed by atoms with van der Waals surface area (Å²) < 4.78 is 28.3. The summed E-state index contributed by atoms with van der Waals surface area (Å²) in [5.74, 6) is -0.955. The number of nitrogens with two attached hydrogens (primary N) is 1. The van der Waals surface area contributed by atoms with Gasteiger partial charge in [0.15, 0.2) is 6.10 Å². The molecule has 144 valence electrons. The van der Waals surface area contributed by atoms with Gasteiger partial charge in [-0.05, 0) is 57.2 Å². The van der Waals surface area contributed by atoms with Crippen molar-refractivity contribution in [2.75, 3.05) is 6.54 Å². The van der Waals surface area contributed by atoms with Gasteiger partial charge in [0, 0.05) is 12.6 Å². The molecule has 1 aromatic carbocycles. The summed E-state index contributed by atoms with van der Waals surface area (Å²) in [6.07, 6.45) is 2.92. The highest BCUT2D eigenvalue weighted by atomic mass is 32.2. The number of rotatable bonds is 5. The maximum absolute atomic E-state index is 12.7. The van der Waals surface area contributed by atoms with Crippen LogP contribution < -0.4 is 5.14 Å². The van der Waals surface area contributed by atoms with Gasteiger partial charge < -0.3 is 9.64 Å². The van der Waals surface area contributed by atoms with E-state index in [4.69, 9.17) is 9.88 Å². The zero-order valence-corrected chi connectivity index (χ0v) is 16.2. The van der Waals surface area contributed by atoms with Crippen LogP contribution in [0.2, 0.25) is 0 Å². The molecule has 7 nitrogen and oxygen atoms in total. The Bertz CT molecular complexity index is 791. The van der Waals surface area contributed by atoms with Crippen molar-refractivity contribution in [1.29, 1.82) is 0 Å². The second kappa shape index (κ2) is 8.18. The molecule has 26 heavy (non-hydrogen) atoms. The minimum atomic E-state index is -3.93. The molecule has 1 aromatic rings. The van der Waals surface area contributed by atoms with Gasteiger partial charge in [-0.15, -0.1) is 0 Å². The molecule has 0 aromatic heterocycles. The number of primary sulfonamides is 1. The van der Waals surface area contributed by atoms with Gasteiger partial charge in [-0.1, -0.05) is 13.0 Å². The number of sulfonamides is 1. The summed E-state index contributed by atoms with van der Waals surface area (Å²) in [7, 11) is -3.93. The van der Waals surface area contributed by atoms with E-state index in [9.17, 15) is 18.0 Å². The Morgan fingerprint density at radius 1 is 1.35 bits per heavy atom. The van der Waals surface area contributed by atoms with E-state index in [1.807, 2.05) is 6.92 Å². The lowest BCUT2D eigenvalue weighted by molar-refractivity contribution is -0.143. The van der Waals surface area contributed by atoms with Gasteiger partial charge in [-0.2, -0.15) is 0 Å². The highest BCUT2D eigenvalue weighted by Gasteiger charge is 2.31. The molecule has 1 heterocycles. The molecule has 0 radical (unpaired) electrons. The third-order valence-corrected chi connectivity index (χ3v) is 5.68. The molecule has 0 spiro atoms. The predicted octanol–water partition coefficient (Wildman–Crippen LogP) is 1.98. The summed E-state index contributed by atoms with van der Waals surface area (Å²) in [4.78, 5) is 26.8. The van der Waals surface area contributed by atoms with Gasteiger partial charge in [-0.25, -0.2) is 18.4 Å². The number of aryl methyl sites for hydroxylation is 1. The first kappa shape index (κ1) is 20.4. The fourth-order valence-corrected chi connectivity index (χ4v) is 3.76. The first-order valence-electron chi connectivity index (χ1n) is 8.80. The van der Waals surface area contributed by atoms with E-state index >= 15 is 0 Å². The van der Waals surface area contributed by atoms with Crippen molar-refractivity contribution in [1.82, 2.24) is 4.90 Å². The molecule has 2 rings (SSSR count). The number of likely N-dealkylation sites (tertiary alicyclic amines) is 1. The average Bonchev–Trinajstić information content (AvgIpc) is 2.60. The standard InChI is InChI=1S/C18H26N2O5S/c1-4-14-7-5-6-10-20(14)17(21)13(3)25-18(22)16-11-15(26(19,23)24)9-8-12(16)2/h8-9,11,13-14H,4-7,10H2,1-3H3,(H2,19,23,24). The fourth-order valence-electron chi connectivity index (χ4n) is 3.22. The van der Waals surface area contributed by atoms with Crippen LogP contribution in [0.1, 0.15) is 55.5 Å². The van der Waals surface area contributed by atoms with Crippen LogP contribution >= 0.6 is 0 Å². The van der Waals surface area contributed by atoms with Crippen LogP contribution in [0.4, 0.5) is 0 Å². The Morgan fingerprint density at radius 2 is 2.04 bits per heavy atom. The predicted molar refractivity (Wildman–Crippen MR) is 97.1 cm³/mol. The van der Waals surface area contributed by atoms with E-state index < -0.39 is 22.1 Å². The number of hydrogen-bond acceptors (Lipinski definition) is 5. The van der Waals surface area contributed by atoms with Gasteiger partial charge in [0.05, 0.1) is 10.5 Å². The van der Waals surface area contributed by atoms with E-state index in [1.165, 1.54) is 18.2 Å². The Hall–Kier alpha value is -1.93. The van der Waals surface area contributed by atoms with Crippen molar-refractivity contribution < 1.29 is 22.7 Å². The number of piperidine rings is 1. The summed E-state index contributed by atoms with van der Waals surface area (Å²) in [5, 5.41) is 5.11. The minimum Gasteiger partial charge on any atom is -0.449 e. The van der Waals surface area contributed by atoms with Crippen LogP contribution in [0.25, 0.3) is 0 Å². The monoisotopic (exact) mass is 382 g/mol. The maximum atomic E-state index is 12.7. The molecule has 1 amide bonds. The van der Waals surface area contributed by atoms with Gasteiger partial charge in [0.2, 0.25) is 10.0 Å². The van der Waals surface area contributed by atoms with Crippen LogP contribution in [0.3, 0.4) is 0 Å². The van der Waals surface area contributed by atoms with E-state index in [1.54, 1.807) is 18.7 Å². The summed E-state index contributed by atoms with van der Waals surface area (Å²) in [5.41, 5.74) is 0.633. The highest BCUT2D eigenvalue weighted by molar-refractivity contribution is 7.89. The number of carbonyl (C=O) groups excluding carboxylic acids is 2. The smallest absolute Gasteiger partial charge is 0.339 e. The van der Waals surface area contributed by atoms with Gasteiger partial charge in [-0.3, -0.25) is 4.79 Å². The van der Waals surface area contributed by atoms with Crippen LogP contribution in [-0.4, -0.2) is 43.9 Å². The molecule has 2 N–H and O–H groups in total. The highest BCUT2D eigenvalue weighted by Crippen LogP contribution is 2.22. The quantitative estimate of drug-likeness (QED) is 0.784. The van der Waals surface area contributed by atoms with Crippen molar-refractivity contribution in [3.8, 4) is 0 Å². The lowest BCUT2D eigenvalue weighted by Crippen LogP contribution is -2.48. The number of ether oxygens (including phenoxy) is 1. The molecule has 0 bridgehead atoms. The second-order valence-electron chi connectivity index (χ2n) is 6.66.